The first kappa shape index (κ1) is 28.3. The van der Waals surface area contributed by atoms with Crippen LogP contribution in [0.1, 0.15) is 23.0 Å². The third kappa shape index (κ3) is 6.74. The monoisotopic (exact) mass is 612 g/mol. The van der Waals surface area contributed by atoms with E-state index in [-0.39, 0.29) is 11.3 Å². The van der Waals surface area contributed by atoms with Crippen LogP contribution in [0.2, 0.25) is 10.0 Å². The fourth-order valence-electron chi connectivity index (χ4n) is 4.12. The molecule has 0 bridgehead atoms. The number of aromatic nitrogens is 3. The van der Waals surface area contributed by atoms with Crippen LogP contribution < -0.4 is 4.72 Å². The van der Waals surface area contributed by atoms with E-state index in [2.05, 4.69) is 14.9 Å². The van der Waals surface area contributed by atoms with Crippen molar-refractivity contribution in [3.05, 3.63) is 136 Å². The van der Waals surface area contributed by atoms with E-state index in [4.69, 9.17) is 23.2 Å². The summed E-state index contributed by atoms with van der Waals surface area (Å²) < 4.78 is 45.0. The summed E-state index contributed by atoms with van der Waals surface area (Å²) in [6.45, 7) is 0. The Labute approximate surface area is 246 Å². The maximum absolute atomic E-state index is 13.5. The Bertz CT molecular complexity index is 1700. The summed E-state index contributed by atoms with van der Waals surface area (Å²) in [7, 11) is -4.06. The van der Waals surface area contributed by atoms with Gasteiger partial charge >= 0.3 is 0 Å². The highest BCUT2D eigenvalue weighted by molar-refractivity contribution is 7.98. The average molecular weight is 614 g/mol. The standard InChI is InChI=1S/C29H23Cl2FN4O2S2/c30-22-11-16-27(25(31)18-22)36-28(33-34-29(36)39-19-21-9-5-2-6-10-21)26(17-20-7-3-1-4-8-20)35-40(37,38)24-14-12-23(32)13-15-24/h1-16,18,26,35H,17,19H2. The van der Waals surface area contributed by atoms with Gasteiger partial charge in [0.25, 0.3) is 0 Å². The average Bonchev–Trinajstić information content (AvgIpc) is 3.36. The minimum Gasteiger partial charge on any atom is -0.271 e. The molecule has 1 unspecified atom stereocenters. The smallest absolute Gasteiger partial charge is 0.241 e. The van der Waals surface area contributed by atoms with Crippen molar-refractivity contribution in [1.82, 2.24) is 19.5 Å². The molecule has 0 saturated heterocycles. The van der Waals surface area contributed by atoms with Crippen molar-refractivity contribution in [1.29, 1.82) is 0 Å². The molecule has 0 fully saturated rings. The van der Waals surface area contributed by atoms with Gasteiger partial charge in [0.15, 0.2) is 11.0 Å². The number of hydrogen-bond donors (Lipinski definition) is 1. The molecular formula is C29H23Cl2FN4O2S2. The normalized spacial score (nSPS) is 12.4. The van der Waals surface area contributed by atoms with Crippen molar-refractivity contribution in [2.75, 3.05) is 0 Å². The summed E-state index contributed by atoms with van der Waals surface area (Å²) in [5, 5.41) is 10.3. The summed E-state index contributed by atoms with van der Waals surface area (Å²) in [5.41, 5.74) is 2.52. The zero-order valence-corrected chi connectivity index (χ0v) is 24.1. The quantitative estimate of drug-likeness (QED) is 0.168. The van der Waals surface area contributed by atoms with E-state index in [1.807, 2.05) is 60.7 Å². The van der Waals surface area contributed by atoms with Gasteiger partial charge in [-0.25, -0.2) is 17.5 Å². The molecule has 40 heavy (non-hydrogen) atoms. The van der Waals surface area contributed by atoms with E-state index in [0.717, 1.165) is 23.3 Å². The number of halogens is 3. The van der Waals surface area contributed by atoms with Crippen molar-refractivity contribution in [3.63, 3.8) is 0 Å². The SMILES string of the molecule is O=S(=O)(NC(Cc1ccccc1)c1nnc(SCc2ccccc2)n1-c1ccc(Cl)cc1Cl)c1ccc(F)cc1. The number of sulfonamides is 1. The summed E-state index contributed by atoms with van der Waals surface area (Å²) in [4.78, 5) is -0.0683. The van der Waals surface area contributed by atoms with Crippen molar-refractivity contribution < 1.29 is 12.8 Å². The van der Waals surface area contributed by atoms with Crippen molar-refractivity contribution in [2.24, 2.45) is 0 Å². The molecule has 11 heteroatoms. The number of nitrogens with zero attached hydrogens (tertiary/aromatic N) is 3. The molecule has 1 heterocycles. The minimum absolute atomic E-state index is 0.0683. The van der Waals surface area contributed by atoms with Gasteiger partial charge in [0, 0.05) is 10.8 Å². The third-order valence-electron chi connectivity index (χ3n) is 6.04. The lowest BCUT2D eigenvalue weighted by atomic mass is 10.1. The van der Waals surface area contributed by atoms with Crippen molar-refractivity contribution >= 4 is 45.0 Å². The van der Waals surface area contributed by atoms with Crippen LogP contribution >= 0.6 is 35.0 Å². The summed E-state index contributed by atoms with van der Waals surface area (Å²) in [5.74, 6) is 0.417. The lowest BCUT2D eigenvalue weighted by Crippen LogP contribution is -2.32. The van der Waals surface area contributed by atoms with Crippen LogP contribution in [0, 0.1) is 5.82 Å². The molecule has 4 aromatic carbocycles. The largest absolute Gasteiger partial charge is 0.271 e. The highest BCUT2D eigenvalue weighted by Crippen LogP contribution is 2.33. The fourth-order valence-corrected chi connectivity index (χ4v) is 6.71. The predicted octanol–water partition coefficient (Wildman–Crippen LogP) is 7.27. The number of thioether (sulfide) groups is 1. The molecule has 1 N–H and O–H groups in total. The van der Waals surface area contributed by atoms with E-state index in [1.165, 1.54) is 23.9 Å². The Kier molecular flexibility index (Phi) is 8.87. The van der Waals surface area contributed by atoms with E-state index in [0.29, 0.717) is 32.5 Å². The zero-order chi connectivity index (χ0) is 28.1. The molecule has 5 rings (SSSR count). The molecular weight excluding hydrogens is 590 g/mol. The zero-order valence-electron chi connectivity index (χ0n) is 20.9. The Morgan fingerprint density at radius 2 is 1.50 bits per heavy atom. The predicted molar refractivity (Wildman–Crippen MR) is 157 cm³/mol. The van der Waals surface area contributed by atoms with Crippen molar-refractivity contribution in [2.45, 2.75) is 28.3 Å². The van der Waals surface area contributed by atoms with E-state index < -0.39 is 21.9 Å². The van der Waals surface area contributed by atoms with Gasteiger partial charge in [-0.2, -0.15) is 0 Å². The summed E-state index contributed by atoms with van der Waals surface area (Å²) in [6, 6.07) is 28.2. The second-order valence-electron chi connectivity index (χ2n) is 8.86. The number of nitrogens with one attached hydrogen (secondary N) is 1. The number of rotatable bonds is 10. The first-order valence-electron chi connectivity index (χ1n) is 12.2. The topological polar surface area (TPSA) is 76.9 Å². The molecule has 0 aliphatic rings. The van der Waals surface area contributed by atoms with Gasteiger partial charge in [-0.1, -0.05) is 95.6 Å². The Hall–Kier alpha value is -3.21. The number of benzene rings is 4. The Balaban J connectivity index is 1.60. The van der Waals surface area contributed by atoms with Crippen LogP contribution in [-0.2, 0) is 22.2 Å². The second kappa shape index (κ2) is 12.5. The second-order valence-corrected chi connectivity index (χ2v) is 12.4. The highest BCUT2D eigenvalue weighted by atomic mass is 35.5. The third-order valence-corrected chi connectivity index (χ3v) is 9.06. The van der Waals surface area contributed by atoms with Crippen LogP contribution in [0.5, 0.6) is 0 Å². The van der Waals surface area contributed by atoms with Gasteiger partial charge in [-0.05, 0) is 60.0 Å². The maximum atomic E-state index is 13.5. The Morgan fingerprint density at radius 3 is 2.15 bits per heavy atom. The molecule has 0 saturated carbocycles. The van der Waals surface area contributed by atoms with Gasteiger partial charge < -0.3 is 0 Å². The van der Waals surface area contributed by atoms with Gasteiger partial charge in [0.05, 0.1) is 21.6 Å². The summed E-state index contributed by atoms with van der Waals surface area (Å²) >= 11 is 14.3. The lowest BCUT2D eigenvalue weighted by molar-refractivity contribution is 0.537. The number of hydrogen-bond acceptors (Lipinski definition) is 5. The highest BCUT2D eigenvalue weighted by Gasteiger charge is 2.29. The molecule has 5 aromatic rings. The maximum Gasteiger partial charge on any atom is 0.241 e. The fraction of sp³-hybridized carbons (Fsp3) is 0.103. The molecule has 1 aromatic heterocycles. The molecule has 6 nitrogen and oxygen atoms in total. The summed E-state index contributed by atoms with van der Waals surface area (Å²) in [6.07, 6.45) is 0.272. The van der Waals surface area contributed by atoms with E-state index >= 15 is 0 Å². The van der Waals surface area contributed by atoms with Crippen LogP contribution in [-0.4, -0.2) is 23.2 Å². The van der Waals surface area contributed by atoms with Crippen LogP contribution in [0.4, 0.5) is 4.39 Å². The van der Waals surface area contributed by atoms with Gasteiger partial charge in [-0.15, -0.1) is 10.2 Å². The van der Waals surface area contributed by atoms with E-state index in [1.54, 1.807) is 22.8 Å². The van der Waals surface area contributed by atoms with E-state index in [9.17, 15) is 12.8 Å². The van der Waals surface area contributed by atoms with Crippen molar-refractivity contribution in [3.8, 4) is 5.69 Å². The molecule has 0 spiro atoms. The van der Waals surface area contributed by atoms with Gasteiger partial charge in [0.1, 0.15) is 5.82 Å². The molecule has 0 radical (unpaired) electrons. The molecule has 1 atom stereocenters. The molecule has 0 aliphatic heterocycles. The van der Waals surface area contributed by atoms with Crippen LogP contribution in [0.25, 0.3) is 5.69 Å². The minimum atomic E-state index is -4.06. The van der Waals surface area contributed by atoms with Crippen LogP contribution in [0.3, 0.4) is 0 Å². The Morgan fingerprint density at radius 1 is 0.850 bits per heavy atom. The van der Waals surface area contributed by atoms with Gasteiger partial charge in [-0.3, -0.25) is 4.57 Å². The first-order chi connectivity index (χ1) is 19.3. The first-order valence-corrected chi connectivity index (χ1v) is 15.4. The molecule has 0 amide bonds. The van der Waals surface area contributed by atoms with Crippen LogP contribution in [0.15, 0.2) is 113 Å². The molecule has 0 aliphatic carbocycles. The van der Waals surface area contributed by atoms with Gasteiger partial charge in [0.2, 0.25) is 10.0 Å². The lowest BCUT2D eigenvalue weighted by Gasteiger charge is -2.21. The molecule has 204 valence electrons.